The highest BCUT2D eigenvalue weighted by Crippen LogP contribution is 2.29. The van der Waals surface area contributed by atoms with Crippen molar-refractivity contribution in [3.05, 3.63) is 29.8 Å². The van der Waals surface area contributed by atoms with E-state index in [-0.39, 0.29) is 18.8 Å². The average molecular weight is 347 g/mol. The van der Waals surface area contributed by atoms with Crippen LogP contribution >= 0.6 is 0 Å². The lowest BCUT2D eigenvalue weighted by Crippen LogP contribution is -2.46. The third-order valence-electron chi connectivity index (χ3n) is 5.60. The van der Waals surface area contributed by atoms with Crippen molar-refractivity contribution in [2.45, 2.75) is 70.7 Å². The second kappa shape index (κ2) is 9.02. The molecule has 2 fully saturated rings. The van der Waals surface area contributed by atoms with Crippen LogP contribution in [0.5, 0.6) is 0 Å². The summed E-state index contributed by atoms with van der Waals surface area (Å²) < 4.78 is 5.91. The molecule has 0 spiro atoms. The van der Waals surface area contributed by atoms with Crippen molar-refractivity contribution in [1.82, 2.24) is 4.90 Å². The summed E-state index contributed by atoms with van der Waals surface area (Å²) in [4.78, 5) is 4.98. The first kappa shape index (κ1) is 18.7. The number of nitrogens with zero attached hydrogens (tertiary/aromatic N) is 2. The third kappa shape index (κ3) is 4.96. The van der Waals surface area contributed by atoms with Crippen LogP contribution in [-0.2, 0) is 11.3 Å². The summed E-state index contributed by atoms with van der Waals surface area (Å²) in [6.45, 7) is 8.16. The molecule has 140 valence electrons. The molecule has 0 radical (unpaired) electrons. The van der Waals surface area contributed by atoms with Gasteiger partial charge in [-0.15, -0.1) is 0 Å². The highest BCUT2D eigenvalue weighted by Gasteiger charge is 2.26. The number of morpholine rings is 1. The molecule has 1 aromatic rings. The van der Waals surface area contributed by atoms with E-state index in [1.54, 1.807) is 0 Å². The van der Waals surface area contributed by atoms with E-state index in [0.717, 1.165) is 26.2 Å². The van der Waals surface area contributed by atoms with Crippen LogP contribution in [-0.4, -0.2) is 54.5 Å². The molecule has 1 aliphatic heterocycles. The Morgan fingerprint density at radius 1 is 1.08 bits per heavy atom. The van der Waals surface area contributed by atoms with Crippen molar-refractivity contribution in [1.29, 1.82) is 0 Å². The lowest BCUT2D eigenvalue weighted by Gasteiger charge is -2.39. The van der Waals surface area contributed by atoms with Gasteiger partial charge in [-0.2, -0.15) is 0 Å². The molecule has 1 aromatic carbocycles. The lowest BCUT2D eigenvalue weighted by atomic mass is 9.93. The summed E-state index contributed by atoms with van der Waals surface area (Å²) in [5.41, 5.74) is 2.71. The number of ether oxygens (including phenoxy) is 1. The molecular weight excluding hydrogens is 312 g/mol. The third-order valence-corrected chi connectivity index (χ3v) is 5.60. The van der Waals surface area contributed by atoms with E-state index in [1.165, 1.54) is 43.4 Å². The van der Waals surface area contributed by atoms with Gasteiger partial charge in [0.1, 0.15) is 0 Å². The number of aliphatic hydroxyl groups excluding tert-OH is 1. The van der Waals surface area contributed by atoms with Crippen molar-refractivity contribution in [2.75, 3.05) is 31.1 Å². The standard InChI is InChI=1S/C21H34N2O2/c1-17-14-23(15-18(2)25-17)21-11-7-6-8-19(21)16-22(12-13-24)20-9-4-3-5-10-20/h6-8,11,17-18,20,24H,3-5,9-10,12-16H2,1-2H3/t17-,18+. The predicted molar refractivity (Wildman–Crippen MR) is 103 cm³/mol. The molecule has 4 heteroatoms. The van der Waals surface area contributed by atoms with Gasteiger partial charge in [0, 0.05) is 37.9 Å². The van der Waals surface area contributed by atoms with Crippen LogP contribution in [0.3, 0.4) is 0 Å². The van der Waals surface area contributed by atoms with Gasteiger partial charge in [-0.1, -0.05) is 37.5 Å². The van der Waals surface area contributed by atoms with Crippen molar-refractivity contribution in [3.8, 4) is 0 Å². The molecule has 0 amide bonds. The smallest absolute Gasteiger partial charge is 0.0726 e. The van der Waals surface area contributed by atoms with Gasteiger partial charge in [-0.05, 0) is 38.3 Å². The van der Waals surface area contributed by atoms with Crippen LogP contribution in [0.1, 0.15) is 51.5 Å². The van der Waals surface area contributed by atoms with Gasteiger partial charge in [0.05, 0.1) is 18.8 Å². The lowest BCUT2D eigenvalue weighted by molar-refractivity contribution is -0.00531. The van der Waals surface area contributed by atoms with Crippen LogP contribution in [0, 0.1) is 0 Å². The topological polar surface area (TPSA) is 35.9 Å². The van der Waals surface area contributed by atoms with Crippen LogP contribution in [0.4, 0.5) is 5.69 Å². The summed E-state index contributed by atoms with van der Waals surface area (Å²) in [5.74, 6) is 0. The van der Waals surface area contributed by atoms with E-state index < -0.39 is 0 Å². The number of benzene rings is 1. The zero-order valence-electron chi connectivity index (χ0n) is 15.9. The molecule has 25 heavy (non-hydrogen) atoms. The molecule has 1 saturated carbocycles. The Morgan fingerprint density at radius 2 is 1.76 bits per heavy atom. The molecule has 3 rings (SSSR count). The monoisotopic (exact) mass is 346 g/mol. The molecule has 1 aliphatic carbocycles. The minimum absolute atomic E-state index is 0.240. The number of aliphatic hydroxyl groups is 1. The molecule has 4 nitrogen and oxygen atoms in total. The fourth-order valence-electron chi connectivity index (χ4n) is 4.51. The average Bonchev–Trinajstić information content (AvgIpc) is 2.62. The molecular formula is C21H34N2O2. The van der Waals surface area contributed by atoms with Gasteiger partial charge in [0.2, 0.25) is 0 Å². The maximum absolute atomic E-state index is 9.56. The first-order valence-electron chi connectivity index (χ1n) is 10.0. The number of para-hydroxylation sites is 1. The zero-order chi connectivity index (χ0) is 17.6. The Labute approximate surface area is 152 Å². The van der Waals surface area contributed by atoms with Crippen molar-refractivity contribution < 1.29 is 9.84 Å². The Bertz CT molecular complexity index is 520. The molecule has 0 bridgehead atoms. The zero-order valence-corrected chi connectivity index (χ0v) is 15.9. The van der Waals surface area contributed by atoms with Gasteiger partial charge >= 0.3 is 0 Å². The quantitative estimate of drug-likeness (QED) is 0.856. The number of hydrogen-bond donors (Lipinski definition) is 1. The fraction of sp³-hybridized carbons (Fsp3) is 0.714. The summed E-state index contributed by atoms with van der Waals surface area (Å²) in [6, 6.07) is 9.41. The highest BCUT2D eigenvalue weighted by molar-refractivity contribution is 5.54. The second-order valence-electron chi connectivity index (χ2n) is 7.78. The predicted octanol–water partition coefficient (Wildman–Crippen LogP) is 3.43. The fourth-order valence-corrected chi connectivity index (χ4v) is 4.51. The van der Waals surface area contributed by atoms with Crippen molar-refractivity contribution in [3.63, 3.8) is 0 Å². The summed E-state index contributed by atoms with van der Waals surface area (Å²) in [7, 11) is 0. The molecule has 0 aromatic heterocycles. The Kier molecular flexibility index (Phi) is 6.74. The van der Waals surface area contributed by atoms with E-state index in [2.05, 4.69) is 47.9 Å². The summed E-state index contributed by atoms with van der Waals surface area (Å²) in [5, 5.41) is 9.56. The van der Waals surface area contributed by atoms with E-state index in [9.17, 15) is 5.11 Å². The van der Waals surface area contributed by atoms with Crippen LogP contribution in [0.15, 0.2) is 24.3 Å². The number of rotatable bonds is 6. The first-order valence-corrected chi connectivity index (χ1v) is 10.0. The second-order valence-corrected chi connectivity index (χ2v) is 7.78. The van der Waals surface area contributed by atoms with Crippen molar-refractivity contribution in [2.24, 2.45) is 0 Å². The molecule has 1 N–H and O–H groups in total. The van der Waals surface area contributed by atoms with Crippen LogP contribution < -0.4 is 4.90 Å². The van der Waals surface area contributed by atoms with E-state index in [0.29, 0.717) is 6.04 Å². The first-order chi connectivity index (χ1) is 12.2. The maximum atomic E-state index is 9.56. The summed E-state index contributed by atoms with van der Waals surface area (Å²) >= 11 is 0. The Hall–Kier alpha value is -1.10. The van der Waals surface area contributed by atoms with Crippen molar-refractivity contribution >= 4 is 5.69 Å². The van der Waals surface area contributed by atoms with Gasteiger partial charge in [-0.25, -0.2) is 0 Å². The van der Waals surface area contributed by atoms with E-state index in [1.807, 2.05) is 0 Å². The van der Waals surface area contributed by atoms with Crippen LogP contribution in [0.25, 0.3) is 0 Å². The van der Waals surface area contributed by atoms with E-state index in [4.69, 9.17) is 4.74 Å². The molecule has 2 aliphatic rings. The highest BCUT2D eigenvalue weighted by atomic mass is 16.5. The largest absolute Gasteiger partial charge is 0.395 e. The Morgan fingerprint density at radius 3 is 2.44 bits per heavy atom. The number of hydrogen-bond acceptors (Lipinski definition) is 4. The van der Waals surface area contributed by atoms with Crippen LogP contribution in [0.2, 0.25) is 0 Å². The van der Waals surface area contributed by atoms with Gasteiger partial charge in [0.15, 0.2) is 0 Å². The minimum Gasteiger partial charge on any atom is -0.395 e. The van der Waals surface area contributed by atoms with E-state index >= 15 is 0 Å². The Balaban J connectivity index is 1.76. The van der Waals surface area contributed by atoms with Gasteiger partial charge in [-0.3, -0.25) is 4.90 Å². The number of anilines is 1. The molecule has 0 unspecified atom stereocenters. The molecule has 1 saturated heterocycles. The molecule has 2 atom stereocenters. The normalized spacial score (nSPS) is 25.5. The summed E-state index contributed by atoms with van der Waals surface area (Å²) in [6.07, 6.45) is 7.09. The SMILES string of the molecule is C[C@@H]1CN(c2ccccc2CN(CCO)C2CCCCC2)C[C@H](C)O1. The minimum atomic E-state index is 0.240. The maximum Gasteiger partial charge on any atom is 0.0726 e. The van der Waals surface area contributed by atoms with Gasteiger partial charge < -0.3 is 14.7 Å². The van der Waals surface area contributed by atoms with Gasteiger partial charge in [0.25, 0.3) is 0 Å². The molecule has 1 heterocycles.